The summed E-state index contributed by atoms with van der Waals surface area (Å²) in [6.45, 7) is -0.827. The fourth-order valence-electron chi connectivity index (χ4n) is 1.51. The van der Waals surface area contributed by atoms with E-state index < -0.39 is 37.0 Å². The molecule has 1 aliphatic rings. The molecule has 13 heavy (non-hydrogen) atoms. The smallest absolute Gasteiger partial charge is 0.0994 e. The molecule has 6 heteroatoms. The van der Waals surface area contributed by atoms with Crippen LogP contribution < -0.4 is 5.32 Å². The van der Waals surface area contributed by atoms with Crippen LogP contribution >= 0.6 is 0 Å². The first kappa shape index (κ1) is 10.8. The lowest BCUT2D eigenvalue weighted by atomic mass is 10.0. The molecule has 1 aliphatic heterocycles. The first-order valence-electron chi connectivity index (χ1n) is 4.13. The molecule has 1 heterocycles. The van der Waals surface area contributed by atoms with Crippen LogP contribution in [0, 0.1) is 0 Å². The first-order valence-corrected chi connectivity index (χ1v) is 4.13. The van der Waals surface area contributed by atoms with Gasteiger partial charge in [-0.05, 0) is 0 Å². The summed E-state index contributed by atoms with van der Waals surface area (Å²) in [7, 11) is 0. The Bertz CT molecular complexity index is 167. The number of hydrogen-bond acceptors (Lipinski definition) is 6. The molecule has 1 rings (SSSR count). The first-order chi connectivity index (χ1) is 6.11. The number of nitrogens with one attached hydrogen (secondary N) is 1. The molecule has 0 aromatic rings. The van der Waals surface area contributed by atoms with E-state index in [4.69, 9.17) is 10.2 Å². The van der Waals surface area contributed by atoms with Gasteiger partial charge in [0.1, 0.15) is 0 Å². The number of aliphatic hydroxyl groups is 5. The minimum Gasteiger partial charge on any atom is -0.395 e. The Labute approximate surface area is 75.4 Å². The Hall–Kier alpha value is -0.240. The highest BCUT2D eigenvalue weighted by Crippen LogP contribution is 2.16. The second-order valence-electron chi connectivity index (χ2n) is 3.21. The molecule has 6 nitrogen and oxygen atoms in total. The van der Waals surface area contributed by atoms with Crippen molar-refractivity contribution in [3.05, 3.63) is 0 Å². The summed E-state index contributed by atoms with van der Waals surface area (Å²) in [5.41, 5.74) is 0. The van der Waals surface area contributed by atoms with Gasteiger partial charge >= 0.3 is 0 Å². The summed E-state index contributed by atoms with van der Waals surface area (Å²) in [4.78, 5) is 0. The molecule has 6 N–H and O–H groups in total. The second kappa shape index (κ2) is 4.32. The molecule has 0 aromatic heterocycles. The van der Waals surface area contributed by atoms with Gasteiger partial charge in [0.25, 0.3) is 0 Å². The average Bonchev–Trinajstić information content (AvgIpc) is 2.43. The molecule has 0 radical (unpaired) electrons. The lowest BCUT2D eigenvalue weighted by Gasteiger charge is -2.19. The minimum absolute atomic E-state index is 0.327. The van der Waals surface area contributed by atoms with Crippen molar-refractivity contribution in [2.45, 2.75) is 30.4 Å². The molecular weight excluding hydrogens is 178 g/mol. The van der Waals surface area contributed by atoms with Gasteiger partial charge in [0.15, 0.2) is 0 Å². The predicted octanol–water partition coefficient (Wildman–Crippen LogP) is -3.61. The van der Waals surface area contributed by atoms with Gasteiger partial charge in [-0.1, -0.05) is 0 Å². The van der Waals surface area contributed by atoms with Crippen molar-refractivity contribution in [2.24, 2.45) is 0 Å². The van der Waals surface area contributed by atoms with E-state index in [-0.39, 0.29) is 6.61 Å². The highest BCUT2D eigenvalue weighted by molar-refractivity contribution is 5.00. The van der Waals surface area contributed by atoms with E-state index in [9.17, 15) is 15.3 Å². The second-order valence-corrected chi connectivity index (χ2v) is 3.21. The Morgan fingerprint density at radius 2 is 1.77 bits per heavy atom. The molecule has 0 unspecified atom stereocenters. The van der Waals surface area contributed by atoms with Gasteiger partial charge in [-0.3, -0.25) is 0 Å². The van der Waals surface area contributed by atoms with Crippen molar-refractivity contribution in [3.63, 3.8) is 0 Å². The highest BCUT2D eigenvalue weighted by atomic mass is 16.3. The van der Waals surface area contributed by atoms with Gasteiger partial charge in [-0.2, -0.15) is 0 Å². The van der Waals surface area contributed by atoms with Gasteiger partial charge in [-0.15, -0.1) is 0 Å². The molecule has 0 aromatic carbocycles. The van der Waals surface area contributed by atoms with E-state index in [1.165, 1.54) is 0 Å². The van der Waals surface area contributed by atoms with Crippen molar-refractivity contribution in [1.82, 2.24) is 5.32 Å². The Morgan fingerprint density at radius 3 is 2.15 bits per heavy atom. The SMILES string of the molecule is OC[C@H](O)[C@H]1N[C@H](CO)[C@@H](O)[C@H]1O. The predicted molar refractivity (Wildman–Crippen MR) is 42.9 cm³/mol. The zero-order valence-electron chi connectivity index (χ0n) is 7.04. The zero-order valence-corrected chi connectivity index (χ0v) is 7.04. The Balaban J connectivity index is 2.60. The lowest BCUT2D eigenvalue weighted by Crippen LogP contribution is -2.45. The van der Waals surface area contributed by atoms with Gasteiger partial charge in [0.2, 0.25) is 0 Å². The van der Waals surface area contributed by atoms with Crippen LogP contribution in [0.15, 0.2) is 0 Å². The van der Waals surface area contributed by atoms with Crippen LogP contribution in [0.5, 0.6) is 0 Å². The third kappa shape index (κ3) is 1.98. The summed E-state index contributed by atoms with van der Waals surface area (Å²) < 4.78 is 0. The van der Waals surface area contributed by atoms with Crippen molar-refractivity contribution in [1.29, 1.82) is 0 Å². The monoisotopic (exact) mass is 193 g/mol. The molecule has 0 spiro atoms. The van der Waals surface area contributed by atoms with Gasteiger partial charge in [0.05, 0.1) is 43.6 Å². The standard InChI is InChI=1S/C7H15NO5/c9-1-3-6(12)7(13)5(8-3)4(11)2-10/h3-13H,1-2H2/t3-,4+,5-,6-,7+/m1/s1. The molecular formula is C7H15NO5. The maximum absolute atomic E-state index is 9.37. The third-order valence-electron chi connectivity index (χ3n) is 2.33. The van der Waals surface area contributed by atoms with Crippen LogP contribution in [-0.4, -0.2) is 69.1 Å². The third-order valence-corrected chi connectivity index (χ3v) is 2.33. The lowest BCUT2D eigenvalue weighted by molar-refractivity contribution is -0.0150. The van der Waals surface area contributed by atoms with Crippen molar-refractivity contribution in [3.8, 4) is 0 Å². The molecule has 0 amide bonds. The number of aliphatic hydroxyl groups excluding tert-OH is 5. The van der Waals surface area contributed by atoms with E-state index in [1.807, 2.05) is 0 Å². The largest absolute Gasteiger partial charge is 0.395 e. The van der Waals surface area contributed by atoms with Crippen LogP contribution in [-0.2, 0) is 0 Å². The fourth-order valence-corrected chi connectivity index (χ4v) is 1.51. The minimum atomic E-state index is -1.17. The summed E-state index contributed by atoms with van der Waals surface area (Å²) in [5.74, 6) is 0. The van der Waals surface area contributed by atoms with Crippen molar-refractivity contribution in [2.75, 3.05) is 13.2 Å². The van der Waals surface area contributed by atoms with E-state index in [0.717, 1.165) is 0 Å². The van der Waals surface area contributed by atoms with Crippen molar-refractivity contribution < 1.29 is 25.5 Å². The molecule has 0 saturated carbocycles. The molecule has 5 atom stereocenters. The number of rotatable bonds is 3. The molecule has 1 fully saturated rings. The molecule has 1 saturated heterocycles. The quantitative estimate of drug-likeness (QED) is 0.276. The summed E-state index contributed by atoms with van der Waals surface area (Å²) >= 11 is 0. The van der Waals surface area contributed by atoms with Gasteiger partial charge in [0, 0.05) is 0 Å². The number of hydrogen-bond donors (Lipinski definition) is 6. The highest BCUT2D eigenvalue weighted by Gasteiger charge is 2.43. The van der Waals surface area contributed by atoms with Gasteiger partial charge < -0.3 is 30.8 Å². The summed E-state index contributed by atoms with van der Waals surface area (Å²) in [6.07, 6.45) is -3.42. The van der Waals surface area contributed by atoms with E-state index in [1.54, 1.807) is 0 Å². The summed E-state index contributed by atoms with van der Waals surface area (Å²) in [5, 5.41) is 47.9. The van der Waals surface area contributed by atoms with E-state index in [2.05, 4.69) is 5.32 Å². The molecule has 78 valence electrons. The van der Waals surface area contributed by atoms with Crippen LogP contribution in [0.25, 0.3) is 0 Å². The van der Waals surface area contributed by atoms with Crippen LogP contribution in [0.3, 0.4) is 0 Å². The van der Waals surface area contributed by atoms with Crippen LogP contribution in [0.2, 0.25) is 0 Å². The van der Waals surface area contributed by atoms with Gasteiger partial charge in [-0.25, -0.2) is 0 Å². The van der Waals surface area contributed by atoms with E-state index in [0.29, 0.717) is 0 Å². The zero-order chi connectivity index (χ0) is 10.0. The van der Waals surface area contributed by atoms with Crippen LogP contribution in [0.1, 0.15) is 0 Å². The Morgan fingerprint density at radius 1 is 1.15 bits per heavy atom. The van der Waals surface area contributed by atoms with Crippen LogP contribution in [0.4, 0.5) is 0 Å². The maximum atomic E-state index is 9.37. The molecule has 0 aliphatic carbocycles. The molecule has 0 bridgehead atoms. The normalized spacial score (nSPS) is 42.2. The van der Waals surface area contributed by atoms with Crippen molar-refractivity contribution >= 4 is 0 Å². The Kier molecular flexibility index (Phi) is 3.60. The average molecular weight is 193 g/mol. The maximum Gasteiger partial charge on any atom is 0.0994 e. The summed E-state index contributed by atoms with van der Waals surface area (Å²) in [6, 6.07) is -1.45. The topological polar surface area (TPSA) is 113 Å². The van der Waals surface area contributed by atoms with E-state index >= 15 is 0 Å². The fraction of sp³-hybridized carbons (Fsp3) is 1.00.